The minimum Gasteiger partial charge on any atom is -0.465 e. The summed E-state index contributed by atoms with van der Waals surface area (Å²) >= 11 is 0. The van der Waals surface area contributed by atoms with Gasteiger partial charge in [-0.25, -0.2) is 9.18 Å². The second kappa shape index (κ2) is 5.61. The zero-order valence-corrected chi connectivity index (χ0v) is 11.2. The molecule has 0 aromatic heterocycles. The first-order chi connectivity index (χ1) is 9.52. The average Bonchev–Trinajstić information content (AvgIpc) is 2.43. The fourth-order valence-corrected chi connectivity index (χ4v) is 1.83. The maximum atomic E-state index is 13.8. The van der Waals surface area contributed by atoms with Gasteiger partial charge in [0.15, 0.2) is 0 Å². The van der Waals surface area contributed by atoms with E-state index in [4.69, 9.17) is 5.73 Å². The number of nitrogen functional groups attached to an aromatic ring is 1. The van der Waals surface area contributed by atoms with E-state index in [0.29, 0.717) is 11.4 Å². The molecule has 3 N–H and O–H groups in total. The van der Waals surface area contributed by atoms with Gasteiger partial charge in [-0.05, 0) is 36.8 Å². The Hall–Kier alpha value is -2.56. The van der Waals surface area contributed by atoms with Crippen LogP contribution < -0.4 is 11.1 Å². The van der Waals surface area contributed by atoms with Crippen LogP contribution in [0.1, 0.15) is 15.9 Å². The number of carbonyl (C=O) groups excluding carboxylic acids is 1. The maximum absolute atomic E-state index is 13.8. The van der Waals surface area contributed by atoms with Crippen molar-refractivity contribution in [1.29, 1.82) is 0 Å². The van der Waals surface area contributed by atoms with Crippen molar-refractivity contribution in [1.82, 2.24) is 0 Å². The number of ether oxygens (including phenoxy) is 1. The van der Waals surface area contributed by atoms with Gasteiger partial charge in [-0.1, -0.05) is 12.1 Å². The van der Waals surface area contributed by atoms with E-state index in [1.807, 2.05) is 0 Å². The quantitative estimate of drug-likeness (QED) is 0.666. The van der Waals surface area contributed by atoms with Crippen molar-refractivity contribution in [3.8, 4) is 0 Å². The van der Waals surface area contributed by atoms with Gasteiger partial charge in [0.1, 0.15) is 5.82 Å². The Bertz CT molecular complexity index is 656. The molecule has 0 aliphatic heterocycles. The van der Waals surface area contributed by atoms with Gasteiger partial charge in [0.25, 0.3) is 0 Å². The molecule has 0 aliphatic carbocycles. The summed E-state index contributed by atoms with van der Waals surface area (Å²) in [5.74, 6) is -0.914. The molecule has 0 unspecified atom stereocenters. The van der Waals surface area contributed by atoms with E-state index in [0.717, 1.165) is 5.56 Å². The van der Waals surface area contributed by atoms with Crippen molar-refractivity contribution in [2.75, 3.05) is 18.2 Å². The highest BCUT2D eigenvalue weighted by Gasteiger charge is 2.13. The van der Waals surface area contributed by atoms with Gasteiger partial charge in [0.05, 0.1) is 29.7 Å². The Morgan fingerprint density at radius 2 is 2.00 bits per heavy atom. The van der Waals surface area contributed by atoms with Crippen LogP contribution in [-0.4, -0.2) is 13.1 Å². The standard InChI is InChI=1S/C15H15FN2O2/c1-9-6-7-12(11(16)8-9)18-13-5-3-4-10(14(13)17)15(19)20-2/h3-8,18H,17H2,1-2H3. The number of benzene rings is 2. The zero-order chi connectivity index (χ0) is 14.7. The number of hydrogen-bond donors (Lipinski definition) is 2. The fourth-order valence-electron chi connectivity index (χ4n) is 1.83. The predicted molar refractivity (Wildman–Crippen MR) is 76.6 cm³/mol. The molecule has 5 heteroatoms. The lowest BCUT2D eigenvalue weighted by molar-refractivity contribution is 0.0602. The van der Waals surface area contributed by atoms with Crippen molar-refractivity contribution in [3.05, 3.63) is 53.3 Å². The molecule has 104 valence electrons. The Balaban J connectivity index is 2.37. The number of rotatable bonds is 3. The summed E-state index contributed by atoms with van der Waals surface area (Å²) in [5, 5.41) is 2.88. The normalized spacial score (nSPS) is 10.2. The first-order valence-electron chi connectivity index (χ1n) is 6.03. The second-order valence-electron chi connectivity index (χ2n) is 4.37. The van der Waals surface area contributed by atoms with Gasteiger partial charge in [-0.15, -0.1) is 0 Å². The molecular formula is C15H15FN2O2. The zero-order valence-electron chi connectivity index (χ0n) is 11.2. The molecule has 0 spiro atoms. The average molecular weight is 274 g/mol. The van der Waals surface area contributed by atoms with Crippen LogP contribution >= 0.6 is 0 Å². The number of anilines is 3. The van der Waals surface area contributed by atoms with Crippen LogP contribution in [0, 0.1) is 12.7 Å². The molecule has 0 atom stereocenters. The van der Waals surface area contributed by atoms with E-state index in [-0.39, 0.29) is 17.1 Å². The molecule has 2 rings (SSSR count). The molecule has 0 radical (unpaired) electrons. The number of halogens is 1. The molecule has 0 bridgehead atoms. The van der Waals surface area contributed by atoms with Crippen LogP contribution in [0.25, 0.3) is 0 Å². The van der Waals surface area contributed by atoms with Crippen LogP contribution in [0.2, 0.25) is 0 Å². The lowest BCUT2D eigenvalue weighted by Gasteiger charge is -2.12. The molecule has 4 nitrogen and oxygen atoms in total. The number of para-hydroxylation sites is 1. The van der Waals surface area contributed by atoms with E-state index in [9.17, 15) is 9.18 Å². The van der Waals surface area contributed by atoms with Gasteiger partial charge in [0.2, 0.25) is 0 Å². The number of nitrogens with one attached hydrogen (secondary N) is 1. The fraction of sp³-hybridized carbons (Fsp3) is 0.133. The Morgan fingerprint density at radius 3 is 2.65 bits per heavy atom. The lowest BCUT2D eigenvalue weighted by Crippen LogP contribution is -2.08. The van der Waals surface area contributed by atoms with Crippen LogP contribution in [0.4, 0.5) is 21.5 Å². The summed E-state index contributed by atoms with van der Waals surface area (Å²) in [4.78, 5) is 11.5. The molecule has 2 aromatic carbocycles. The molecule has 0 aliphatic rings. The summed E-state index contributed by atoms with van der Waals surface area (Å²) in [7, 11) is 1.28. The lowest BCUT2D eigenvalue weighted by atomic mass is 10.1. The first kappa shape index (κ1) is 13.9. The van der Waals surface area contributed by atoms with Gasteiger partial charge in [0, 0.05) is 0 Å². The summed E-state index contributed by atoms with van der Waals surface area (Å²) < 4.78 is 18.4. The number of methoxy groups -OCH3 is 1. The summed E-state index contributed by atoms with van der Waals surface area (Å²) in [6.45, 7) is 1.80. The van der Waals surface area contributed by atoms with Crippen LogP contribution in [0.3, 0.4) is 0 Å². The molecule has 20 heavy (non-hydrogen) atoms. The highest BCUT2D eigenvalue weighted by molar-refractivity contribution is 5.98. The van der Waals surface area contributed by atoms with E-state index in [2.05, 4.69) is 10.1 Å². The minimum atomic E-state index is -0.532. The molecule has 0 fully saturated rings. The Morgan fingerprint density at radius 1 is 1.25 bits per heavy atom. The van der Waals surface area contributed by atoms with Crippen molar-refractivity contribution < 1.29 is 13.9 Å². The summed E-state index contributed by atoms with van der Waals surface area (Å²) in [5.41, 5.74) is 7.94. The third-order valence-corrected chi connectivity index (χ3v) is 2.91. The van der Waals surface area contributed by atoms with E-state index in [1.54, 1.807) is 37.3 Å². The molecule has 0 saturated heterocycles. The third kappa shape index (κ3) is 2.71. The van der Waals surface area contributed by atoms with Crippen molar-refractivity contribution in [2.45, 2.75) is 6.92 Å². The maximum Gasteiger partial charge on any atom is 0.340 e. The number of hydrogen-bond acceptors (Lipinski definition) is 4. The van der Waals surface area contributed by atoms with E-state index in [1.165, 1.54) is 13.2 Å². The van der Waals surface area contributed by atoms with Crippen LogP contribution in [0.15, 0.2) is 36.4 Å². The highest BCUT2D eigenvalue weighted by Crippen LogP contribution is 2.28. The molecule has 2 aromatic rings. The Labute approximate surface area is 116 Å². The van der Waals surface area contributed by atoms with Crippen molar-refractivity contribution >= 4 is 23.0 Å². The number of nitrogens with two attached hydrogens (primary N) is 1. The number of carbonyl (C=O) groups is 1. The van der Waals surface area contributed by atoms with E-state index < -0.39 is 5.97 Å². The smallest absolute Gasteiger partial charge is 0.340 e. The Kier molecular flexibility index (Phi) is 3.89. The van der Waals surface area contributed by atoms with Gasteiger partial charge in [-0.2, -0.15) is 0 Å². The molecule has 0 saturated carbocycles. The summed E-state index contributed by atoms with van der Waals surface area (Å²) in [6, 6.07) is 9.69. The monoisotopic (exact) mass is 274 g/mol. The highest BCUT2D eigenvalue weighted by atomic mass is 19.1. The largest absolute Gasteiger partial charge is 0.465 e. The van der Waals surface area contributed by atoms with Crippen molar-refractivity contribution in [2.24, 2.45) is 0 Å². The van der Waals surface area contributed by atoms with Gasteiger partial charge in [-0.3, -0.25) is 0 Å². The van der Waals surface area contributed by atoms with Crippen molar-refractivity contribution in [3.63, 3.8) is 0 Å². The molecular weight excluding hydrogens is 259 g/mol. The van der Waals surface area contributed by atoms with Gasteiger partial charge >= 0.3 is 5.97 Å². The SMILES string of the molecule is COC(=O)c1cccc(Nc2ccc(C)cc2F)c1N. The number of aryl methyl sites for hydroxylation is 1. The minimum absolute atomic E-state index is 0.222. The van der Waals surface area contributed by atoms with E-state index >= 15 is 0 Å². The van der Waals surface area contributed by atoms with Gasteiger partial charge < -0.3 is 15.8 Å². The predicted octanol–water partition coefficient (Wildman–Crippen LogP) is 3.25. The molecule has 0 amide bonds. The summed E-state index contributed by atoms with van der Waals surface area (Å²) in [6.07, 6.45) is 0. The van der Waals surface area contributed by atoms with Crippen LogP contribution in [0.5, 0.6) is 0 Å². The third-order valence-electron chi connectivity index (χ3n) is 2.91. The first-order valence-corrected chi connectivity index (χ1v) is 6.03. The van der Waals surface area contributed by atoms with Crippen LogP contribution in [-0.2, 0) is 4.74 Å². The topological polar surface area (TPSA) is 64.3 Å². The second-order valence-corrected chi connectivity index (χ2v) is 4.37. The molecule has 0 heterocycles. The number of esters is 1.